The molecule has 0 spiro atoms. The minimum atomic E-state index is -0.0952. The van der Waals surface area contributed by atoms with Crippen molar-refractivity contribution in [1.82, 2.24) is 10.2 Å². The van der Waals surface area contributed by atoms with Gasteiger partial charge in [0.05, 0.1) is 12.7 Å². The zero-order valence-electron chi connectivity index (χ0n) is 15.5. The predicted molar refractivity (Wildman–Crippen MR) is 104 cm³/mol. The van der Waals surface area contributed by atoms with Crippen molar-refractivity contribution in [2.24, 2.45) is 0 Å². The highest BCUT2D eigenvalue weighted by Gasteiger charge is 2.16. The molecule has 1 unspecified atom stereocenters. The van der Waals surface area contributed by atoms with Crippen molar-refractivity contribution >= 4 is 11.6 Å². The molecule has 1 atom stereocenters. The van der Waals surface area contributed by atoms with Crippen molar-refractivity contribution in [3.63, 3.8) is 0 Å². The molecule has 0 aliphatic carbocycles. The van der Waals surface area contributed by atoms with E-state index in [2.05, 4.69) is 29.3 Å². The van der Waals surface area contributed by atoms with Crippen molar-refractivity contribution in [1.29, 1.82) is 0 Å². The van der Waals surface area contributed by atoms with Crippen molar-refractivity contribution in [3.05, 3.63) is 64.7 Å². The zero-order chi connectivity index (χ0) is 18.5. The minimum Gasteiger partial charge on any atom is -0.399 e. The molecule has 3 rings (SSSR count). The minimum absolute atomic E-state index is 0.0952. The summed E-state index contributed by atoms with van der Waals surface area (Å²) < 4.78 is 5.60. The van der Waals surface area contributed by atoms with E-state index < -0.39 is 0 Å². The molecule has 2 aromatic carbocycles. The Morgan fingerprint density at radius 1 is 1.27 bits per heavy atom. The summed E-state index contributed by atoms with van der Waals surface area (Å²) >= 11 is 0. The van der Waals surface area contributed by atoms with E-state index in [0.29, 0.717) is 17.8 Å². The molecule has 1 fully saturated rings. The topological polar surface area (TPSA) is 67.6 Å². The Kier molecular flexibility index (Phi) is 5.91. The van der Waals surface area contributed by atoms with Gasteiger partial charge in [0.15, 0.2) is 0 Å². The highest BCUT2D eigenvalue weighted by atomic mass is 16.5. The highest BCUT2D eigenvalue weighted by molar-refractivity contribution is 5.96. The SMILES string of the molecule is Cc1ccc(N)cc1C(=O)NCc1cccc(CN2CCOC(C)C2)c1. The Hall–Kier alpha value is -2.37. The van der Waals surface area contributed by atoms with Gasteiger partial charge in [-0.3, -0.25) is 9.69 Å². The Balaban J connectivity index is 1.60. The van der Waals surface area contributed by atoms with E-state index in [1.807, 2.05) is 31.2 Å². The van der Waals surface area contributed by atoms with E-state index >= 15 is 0 Å². The number of amides is 1. The van der Waals surface area contributed by atoms with Crippen molar-refractivity contribution in [2.75, 3.05) is 25.4 Å². The van der Waals surface area contributed by atoms with Gasteiger partial charge in [-0.05, 0) is 42.7 Å². The molecule has 1 amide bonds. The number of nitrogens with two attached hydrogens (primary N) is 1. The summed E-state index contributed by atoms with van der Waals surface area (Å²) in [4.78, 5) is 14.8. The number of ether oxygens (including phenoxy) is 1. The molecule has 3 N–H and O–H groups in total. The second-order valence-electron chi connectivity index (χ2n) is 6.99. The molecule has 5 nitrogen and oxygen atoms in total. The van der Waals surface area contributed by atoms with Crippen molar-refractivity contribution in [2.45, 2.75) is 33.0 Å². The molecule has 5 heteroatoms. The number of nitrogens with zero attached hydrogens (tertiary/aromatic N) is 1. The van der Waals surface area contributed by atoms with Gasteiger partial charge in [0, 0.05) is 37.4 Å². The van der Waals surface area contributed by atoms with Gasteiger partial charge in [0.25, 0.3) is 5.91 Å². The quantitative estimate of drug-likeness (QED) is 0.811. The lowest BCUT2D eigenvalue weighted by molar-refractivity contribution is -0.0212. The van der Waals surface area contributed by atoms with Crippen molar-refractivity contribution in [3.8, 4) is 0 Å². The van der Waals surface area contributed by atoms with E-state index in [0.717, 1.165) is 37.4 Å². The molecule has 138 valence electrons. The number of rotatable bonds is 5. The lowest BCUT2D eigenvalue weighted by Gasteiger charge is -2.31. The summed E-state index contributed by atoms with van der Waals surface area (Å²) in [6, 6.07) is 13.8. The predicted octanol–water partition coefficient (Wildman–Crippen LogP) is 2.73. The molecule has 1 aliphatic rings. The van der Waals surface area contributed by atoms with Crippen LogP contribution >= 0.6 is 0 Å². The van der Waals surface area contributed by atoms with Crippen molar-refractivity contribution < 1.29 is 9.53 Å². The van der Waals surface area contributed by atoms with Crippen LogP contribution in [0.1, 0.15) is 34.0 Å². The summed E-state index contributed by atoms with van der Waals surface area (Å²) in [6.07, 6.45) is 0.285. The number of carbonyl (C=O) groups excluding carboxylic acids is 1. The third kappa shape index (κ3) is 4.84. The monoisotopic (exact) mass is 353 g/mol. The Bertz CT molecular complexity index is 776. The normalized spacial score (nSPS) is 17.8. The lowest BCUT2D eigenvalue weighted by atomic mass is 10.1. The number of anilines is 1. The second-order valence-corrected chi connectivity index (χ2v) is 6.99. The zero-order valence-corrected chi connectivity index (χ0v) is 15.5. The number of nitrogen functional groups attached to an aromatic ring is 1. The van der Waals surface area contributed by atoms with E-state index in [1.54, 1.807) is 6.07 Å². The average Bonchev–Trinajstić information content (AvgIpc) is 2.62. The number of aryl methyl sites for hydroxylation is 1. The first-order valence-electron chi connectivity index (χ1n) is 9.07. The van der Waals surface area contributed by atoms with E-state index in [9.17, 15) is 4.79 Å². The van der Waals surface area contributed by atoms with Crippen LogP contribution in [0.5, 0.6) is 0 Å². The molecule has 1 heterocycles. The van der Waals surface area contributed by atoms with Gasteiger partial charge < -0.3 is 15.8 Å². The summed E-state index contributed by atoms with van der Waals surface area (Å²) in [5, 5.41) is 2.99. The molecular formula is C21H27N3O2. The molecule has 0 radical (unpaired) electrons. The smallest absolute Gasteiger partial charge is 0.251 e. The number of carbonyl (C=O) groups is 1. The van der Waals surface area contributed by atoms with E-state index in [4.69, 9.17) is 10.5 Å². The Morgan fingerprint density at radius 3 is 2.88 bits per heavy atom. The number of hydrogen-bond acceptors (Lipinski definition) is 4. The molecular weight excluding hydrogens is 326 g/mol. The maximum atomic E-state index is 12.4. The third-order valence-electron chi connectivity index (χ3n) is 4.68. The van der Waals surface area contributed by atoms with Crippen LogP contribution < -0.4 is 11.1 Å². The van der Waals surface area contributed by atoms with Crippen LogP contribution in [0, 0.1) is 6.92 Å². The highest BCUT2D eigenvalue weighted by Crippen LogP contribution is 2.14. The summed E-state index contributed by atoms with van der Waals surface area (Å²) in [7, 11) is 0. The third-order valence-corrected chi connectivity index (χ3v) is 4.68. The van der Waals surface area contributed by atoms with E-state index in [-0.39, 0.29) is 12.0 Å². The van der Waals surface area contributed by atoms with Crippen LogP contribution in [-0.4, -0.2) is 36.6 Å². The van der Waals surface area contributed by atoms with Gasteiger partial charge in [-0.15, -0.1) is 0 Å². The second kappa shape index (κ2) is 8.34. The Morgan fingerprint density at radius 2 is 2.08 bits per heavy atom. The summed E-state index contributed by atoms with van der Waals surface area (Å²) in [5.74, 6) is -0.0952. The largest absolute Gasteiger partial charge is 0.399 e. The number of benzene rings is 2. The molecule has 1 aliphatic heterocycles. The molecule has 26 heavy (non-hydrogen) atoms. The fraction of sp³-hybridized carbons (Fsp3) is 0.381. The molecule has 2 aromatic rings. The first kappa shape index (κ1) is 18.4. The van der Waals surface area contributed by atoms with Crippen LogP contribution in [0.2, 0.25) is 0 Å². The van der Waals surface area contributed by atoms with Gasteiger partial charge in [0.2, 0.25) is 0 Å². The standard InChI is InChI=1S/C21H27N3O2/c1-15-6-7-19(22)11-20(15)21(25)23-12-17-4-3-5-18(10-17)14-24-8-9-26-16(2)13-24/h3-7,10-11,16H,8-9,12-14,22H2,1-2H3,(H,23,25). The molecule has 1 saturated heterocycles. The van der Waals surface area contributed by atoms with Gasteiger partial charge in [-0.1, -0.05) is 30.3 Å². The molecule has 0 bridgehead atoms. The van der Waals surface area contributed by atoms with Gasteiger partial charge in [-0.2, -0.15) is 0 Å². The van der Waals surface area contributed by atoms with Crippen LogP contribution in [0.15, 0.2) is 42.5 Å². The van der Waals surface area contributed by atoms with Crippen LogP contribution in [-0.2, 0) is 17.8 Å². The maximum absolute atomic E-state index is 12.4. The number of morpholine rings is 1. The fourth-order valence-electron chi connectivity index (χ4n) is 3.29. The molecule has 0 aromatic heterocycles. The van der Waals surface area contributed by atoms with Gasteiger partial charge in [-0.25, -0.2) is 0 Å². The van der Waals surface area contributed by atoms with Gasteiger partial charge in [0.1, 0.15) is 0 Å². The fourth-order valence-corrected chi connectivity index (χ4v) is 3.29. The summed E-state index contributed by atoms with van der Waals surface area (Å²) in [6.45, 7) is 8.13. The van der Waals surface area contributed by atoms with E-state index in [1.165, 1.54) is 5.56 Å². The molecule has 0 saturated carbocycles. The Labute approximate surface area is 155 Å². The first-order valence-corrected chi connectivity index (χ1v) is 9.07. The average molecular weight is 353 g/mol. The summed E-state index contributed by atoms with van der Waals surface area (Å²) in [5.41, 5.74) is 10.3. The first-order chi connectivity index (χ1) is 12.5. The number of nitrogens with one attached hydrogen (secondary N) is 1. The van der Waals surface area contributed by atoms with Gasteiger partial charge >= 0.3 is 0 Å². The van der Waals surface area contributed by atoms with Crippen LogP contribution in [0.4, 0.5) is 5.69 Å². The number of hydrogen-bond donors (Lipinski definition) is 2. The van der Waals surface area contributed by atoms with Crippen LogP contribution in [0.3, 0.4) is 0 Å². The maximum Gasteiger partial charge on any atom is 0.251 e. The van der Waals surface area contributed by atoms with Crippen LogP contribution in [0.25, 0.3) is 0 Å². The lowest BCUT2D eigenvalue weighted by Crippen LogP contribution is -2.40.